The summed E-state index contributed by atoms with van der Waals surface area (Å²) in [7, 11) is 0. The minimum atomic E-state index is -0.351. The highest BCUT2D eigenvalue weighted by Crippen LogP contribution is 2.27. The quantitative estimate of drug-likeness (QED) is 0.249. The van der Waals surface area contributed by atoms with Crippen LogP contribution < -0.4 is 16.4 Å². The Balaban J connectivity index is 1.35. The minimum Gasteiger partial charge on any atom is -0.367 e. The van der Waals surface area contributed by atoms with E-state index in [0.29, 0.717) is 17.1 Å². The molecule has 0 unspecified atom stereocenters. The molecule has 0 bridgehead atoms. The van der Waals surface area contributed by atoms with Crippen molar-refractivity contribution in [1.29, 1.82) is 0 Å². The third-order valence-corrected chi connectivity index (χ3v) is 8.10. The highest BCUT2D eigenvalue weighted by Gasteiger charge is 2.23. The number of likely N-dealkylation sites (tertiary alicyclic amines) is 1. The number of aryl methyl sites for hydroxylation is 1. The van der Waals surface area contributed by atoms with E-state index in [1.165, 1.54) is 0 Å². The number of benzene rings is 1. The lowest BCUT2D eigenvalue weighted by Gasteiger charge is -2.33. The third-order valence-electron chi connectivity index (χ3n) is 7.87. The molecule has 2 aromatic heterocycles. The first-order chi connectivity index (χ1) is 19.8. The maximum atomic E-state index is 13.0. The maximum absolute atomic E-state index is 13.0. The predicted molar refractivity (Wildman–Crippen MR) is 165 cm³/mol. The van der Waals surface area contributed by atoms with Crippen molar-refractivity contribution in [2.24, 2.45) is 5.73 Å². The summed E-state index contributed by atoms with van der Waals surface area (Å²) in [6, 6.07) is 11.1. The van der Waals surface area contributed by atoms with Crippen LogP contribution in [0.1, 0.15) is 60.8 Å². The largest absolute Gasteiger partial charge is 0.367 e. The lowest BCUT2D eigenvalue weighted by molar-refractivity contribution is -0.132. The summed E-state index contributed by atoms with van der Waals surface area (Å²) in [4.78, 5) is 37.7. The summed E-state index contributed by atoms with van der Waals surface area (Å²) in [5.41, 5.74) is 10.2. The number of amides is 2. The summed E-state index contributed by atoms with van der Waals surface area (Å²) in [6.07, 6.45) is 6.02. The Kier molecular flexibility index (Phi) is 10.8. The molecule has 0 aliphatic carbocycles. The Hall–Kier alpha value is -3.40. The summed E-state index contributed by atoms with van der Waals surface area (Å²) in [5.74, 6) is 0.784. The first-order valence-corrected chi connectivity index (χ1v) is 14.9. The summed E-state index contributed by atoms with van der Waals surface area (Å²) in [6.45, 7) is 10.8. The Labute approximate surface area is 247 Å². The normalized spacial score (nSPS) is 14.7. The number of aromatic nitrogens is 2. The van der Waals surface area contributed by atoms with Crippen molar-refractivity contribution in [3.63, 3.8) is 0 Å². The van der Waals surface area contributed by atoms with Crippen molar-refractivity contribution in [2.75, 3.05) is 44.6 Å². The van der Waals surface area contributed by atoms with E-state index in [4.69, 9.17) is 17.3 Å². The van der Waals surface area contributed by atoms with Crippen LogP contribution in [0.5, 0.6) is 0 Å². The highest BCUT2D eigenvalue weighted by molar-refractivity contribution is 6.30. The monoisotopic (exact) mass is 579 g/mol. The van der Waals surface area contributed by atoms with Crippen molar-refractivity contribution in [1.82, 2.24) is 25.1 Å². The number of aromatic amines is 1. The zero-order valence-electron chi connectivity index (χ0n) is 24.3. The van der Waals surface area contributed by atoms with E-state index in [1.54, 1.807) is 6.07 Å². The molecule has 1 saturated heterocycles. The molecule has 10 heteroatoms. The van der Waals surface area contributed by atoms with Crippen LogP contribution in [0.15, 0.2) is 48.8 Å². The second kappa shape index (κ2) is 14.5. The van der Waals surface area contributed by atoms with Crippen LogP contribution in [0.4, 0.5) is 5.82 Å². The number of H-pyrrole nitrogens is 1. The van der Waals surface area contributed by atoms with Crippen molar-refractivity contribution in [2.45, 2.75) is 52.1 Å². The fourth-order valence-electron chi connectivity index (χ4n) is 5.27. The Morgan fingerprint density at radius 3 is 2.63 bits per heavy atom. The molecular formula is C31H42ClN7O2. The molecule has 9 nitrogen and oxygen atoms in total. The molecule has 3 heterocycles. The van der Waals surface area contributed by atoms with Gasteiger partial charge in [-0.3, -0.25) is 9.59 Å². The number of rotatable bonds is 12. The molecule has 1 aliphatic rings. The van der Waals surface area contributed by atoms with Crippen molar-refractivity contribution in [3.05, 3.63) is 70.6 Å². The number of hydrogen-bond acceptors (Lipinski definition) is 6. The molecule has 5 N–H and O–H groups in total. The van der Waals surface area contributed by atoms with E-state index in [2.05, 4.69) is 39.3 Å². The maximum Gasteiger partial charge on any atom is 0.268 e. The van der Waals surface area contributed by atoms with Gasteiger partial charge in [0.05, 0.1) is 6.04 Å². The highest BCUT2D eigenvalue weighted by atomic mass is 35.5. The number of pyridine rings is 1. The first kappa shape index (κ1) is 30.6. The summed E-state index contributed by atoms with van der Waals surface area (Å²) in [5, 5.41) is 7.15. The van der Waals surface area contributed by atoms with Crippen LogP contribution >= 0.6 is 11.6 Å². The van der Waals surface area contributed by atoms with Crippen LogP contribution in [0.25, 0.3) is 11.1 Å². The van der Waals surface area contributed by atoms with Gasteiger partial charge in [-0.05, 0) is 73.8 Å². The number of carbonyl (C=O) groups excluding carboxylic acids is 2. The van der Waals surface area contributed by atoms with E-state index in [-0.39, 0.29) is 30.4 Å². The zero-order chi connectivity index (χ0) is 29.4. The molecule has 2 amide bonds. The number of nitrogens with one attached hydrogen (secondary N) is 3. The van der Waals surface area contributed by atoms with Crippen molar-refractivity contribution >= 4 is 29.2 Å². The van der Waals surface area contributed by atoms with Gasteiger partial charge in [-0.2, -0.15) is 0 Å². The zero-order valence-corrected chi connectivity index (χ0v) is 25.0. The average Bonchev–Trinajstić information content (AvgIpc) is 3.48. The molecule has 1 aromatic carbocycles. The Bertz CT molecular complexity index is 1320. The number of anilines is 1. The van der Waals surface area contributed by atoms with Gasteiger partial charge in [0, 0.05) is 61.6 Å². The van der Waals surface area contributed by atoms with Crippen molar-refractivity contribution < 1.29 is 9.59 Å². The number of halogens is 1. The standard InChI is InChI=1S/C31H42ClN7O2/c1-4-38(5-2)12-11-30(40)39-13-9-25(10-14-39)36-29-17-26(21(3)19-35-29)23-16-27(34-20-23)31(41)37-28(18-33)22-7-6-8-24(32)15-22/h6-8,15-17,19-20,25,28,34H,4-5,9-14,18,33H2,1-3H3,(H,35,36)(H,37,41)/t28-/m1/s1. The van der Waals surface area contributed by atoms with Crippen LogP contribution in [0.2, 0.25) is 5.02 Å². The van der Waals surface area contributed by atoms with Gasteiger partial charge in [-0.25, -0.2) is 4.98 Å². The molecule has 3 aromatic rings. The van der Waals surface area contributed by atoms with Crippen LogP contribution in [-0.4, -0.2) is 76.9 Å². The second-order valence-electron chi connectivity index (χ2n) is 10.6. The lowest BCUT2D eigenvalue weighted by Crippen LogP contribution is -2.43. The molecule has 1 aliphatic heterocycles. The third kappa shape index (κ3) is 8.09. The molecule has 220 valence electrons. The molecule has 0 spiro atoms. The van der Waals surface area contributed by atoms with E-state index < -0.39 is 0 Å². The van der Waals surface area contributed by atoms with Gasteiger partial charge >= 0.3 is 0 Å². The first-order valence-electron chi connectivity index (χ1n) is 14.5. The van der Waals surface area contributed by atoms with Crippen LogP contribution in [0.3, 0.4) is 0 Å². The minimum absolute atomic E-state index is 0.240. The molecule has 1 atom stereocenters. The number of nitrogens with two attached hydrogens (primary N) is 1. The fraction of sp³-hybridized carbons (Fsp3) is 0.452. The van der Waals surface area contributed by atoms with E-state index >= 15 is 0 Å². The van der Waals surface area contributed by atoms with Crippen LogP contribution in [-0.2, 0) is 4.79 Å². The van der Waals surface area contributed by atoms with E-state index in [0.717, 1.165) is 73.6 Å². The number of nitrogens with zero attached hydrogens (tertiary/aromatic N) is 3. The van der Waals surface area contributed by atoms with E-state index in [1.807, 2.05) is 54.5 Å². The number of carbonyl (C=O) groups is 2. The molecule has 1 fully saturated rings. The summed E-state index contributed by atoms with van der Waals surface area (Å²) < 4.78 is 0. The van der Waals surface area contributed by atoms with Gasteiger partial charge in [0.25, 0.3) is 5.91 Å². The smallest absolute Gasteiger partial charge is 0.268 e. The van der Waals surface area contributed by atoms with Crippen molar-refractivity contribution in [3.8, 4) is 11.1 Å². The molecule has 4 rings (SSSR count). The van der Waals surface area contributed by atoms with Crippen LogP contribution in [0, 0.1) is 6.92 Å². The number of hydrogen-bond donors (Lipinski definition) is 4. The average molecular weight is 580 g/mol. The number of piperidine rings is 1. The molecule has 41 heavy (non-hydrogen) atoms. The van der Waals surface area contributed by atoms with Gasteiger partial charge < -0.3 is 31.2 Å². The van der Waals surface area contributed by atoms with Gasteiger partial charge in [0.2, 0.25) is 5.91 Å². The lowest BCUT2D eigenvalue weighted by atomic mass is 10.0. The molecular weight excluding hydrogens is 538 g/mol. The Morgan fingerprint density at radius 2 is 1.95 bits per heavy atom. The van der Waals surface area contributed by atoms with Gasteiger partial charge in [-0.15, -0.1) is 0 Å². The fourth-order valence-corrected chi connectivity index (χ4v) is 5.47. The topological polar surface area (TPSA) is 119 Å². The Morgan fingerprint density at radius 1 is 1.20 bits per heavy atom. The molecule has 0 radical (unpaired) electrons. The van der Waals surface area contributed by atoms with Gasteiger partial charge in [-0.1, -0.05) is 37.6 Å². The van der Waals surface area contributed by atoms with Gasteiger partial charge in [0.15, 0.2) is 0 Å². The molecule has 0 saturated carbocycles. The SMILES string of the molecule is CCN(CC)CCC(=O)N1CCC(Nc2cc(-c3c[nH]c(C(=O)N[C@H](CN)c4cccc(Cl)c4)c3)c(C)cn2)CC1. The van der Waals surface area contributed by atoms with E-state index in [9.17, 15) is 9.59 Å². The summed E-state index contributed by atoms with van der Waals surface area (Å²) >= 11 is 6.12. The predicted octanol–water partition coefficient (Wildman–Crippen LogP) is 4.60. The second-order valence-corrected chi connectivity index (χ2v) is 11.0. The van der Waals surface area contributed by atoms with Gasteiger partial charge in [0.1, 0.15) is 11.5 Å².